The van der Waals surface area contributed by atoms with Crippen molar-refractivity contribution in [1.82, 2.24) is 15.1 Å². The number of rotatable bonds is 6. The Balaban J connectivity index is 1.40. The number of imide groups is 1. The first-order chi connectivity index (χ1) is 19.3. The van der Waals surface area contributed by atoms with E-state index in [1.54, 1.807) is 0 Å². The van der Waals surface area contributed by atoms with Crippen LogP contribution in [0.4, 0.5) is 0 Å². The van der Waals surface area contributed by atoms with Crippen LogP contribution in [0.25, 0.3) is 0 Å². The van der Waals surface area contributed by atoms with Crippen LogP contribution in [0.2, 0.25) is 0 Å². The summed E-state index contributed by atoms with van der Waals surface area (Å²) in [5.74, 6) is -3.17. The highest BCUT2D eigenvalue weighted by Gasteiger charge is 2.40. The Morgan fingerprint density at radius 3 is 2.67 bits per heavy atom. The van der Waals surface area contributed by atoms with E-state index in [0.717, 1.165) is 4.90 Å². The Morgan fingerprint density at radius 1 is 1.12 bits per heavy atom. The quantitative estimate of drug-likeness (QED) is 0.667. The van der Waals surface area contributed by atoms with Crippen molar-refractivity contribution < 1.29 is 34.8 Å². The molecule has 3 amide bonds. The zero-order chi connectivity index (χ0) is 29.9. The van der Waals surface area contributed by atoms with E-state index in [9.17, 15) is 14.4 Å². The summed E-state index contributed by atoms with van der Waals surface area (Å²) >= 11 is 0. The molecule has 2 saturated heterocycles. The standard InChI is InChI=1S/C25H27N3O5/c29-23-9-8-21(24(30)26-23)28-15-20-19(25(28)31)2-1-3-22(20)33-16-18-6-4-17(5-7-18)14-27-10-12-32-13-11-27/h1-7,21H,8-16H2,(H,26,29,30)/t21-/m1/s1/i4D,5D,6D,7D,8D2,9D2. The summed E-state index contributed by atoms with van der Waals surface area (Å²) in [4.78, 5) is 40.7. The molecule has 33 heavy (non-hydrogen) atoms. The maximum Gasteiger partial charge on any atom is 0.255 e. The van der Waals surface area contributed by atoms with E-state index in [1.165, 1.54) is 18.2 Å². The summed E-state index contributed by atoms with van der Waals surface area (Å²) in [7, 11) is 0. The van der Waals surface area contributed by atoms with Gasteiger partial charge < -0.3 is 14.4 Å². The second-order valence-electron chi connectivity index (χ2n) is 7.84. The van der Waals surface area contributed by atoms with Gasteiger partial charge in [-0.3, -0.25) is 24.6 Å². The van der Waals surface area contributed by atoms with Crippen LogP contribution in [0.3, 0.4) is 0 Å². The van der Waals surface area contributed by atoms with Crippen LogP contribution in [-0.4, -0.2) is 59.9 Å². The van der Waals surface area contributed by atoms with Crippen molar-refractivity contribution in [3.05, 3.63) is 64.6 Å². The van der Waals surface area contributed by atoms with Gasteiger partial charge in [0, 0.05) is 42.6 Å². The number of nitrogens with zero attached hydrogens (tertiary/aromatic N) is 2. The Bertz CT molecular complexity index is 1420. The lowest BCUT2D eigenvalue weighted by atomic mass is 10.0. The van der Waals surface area contributed by atoms with E-state index < -0.39 is 36.5 Å². The molecule has 172 valence electrons. The van der Waals surface area contributed by atoms with Crippen LogP contribution < -0.4 is 10.1 Å². The van der Waals surface area contributed by atoms with Gasteiger partial charge in [-0.05, 0) is 29.6 Å². The van der Waals surface area contributed by atoms with Gasteiger partial charge in [0.1, 0.15) is 18.4 Å². The van der Waals surface area contributed by atoms with Gasteiger partial charge in [0.2, 0.25) is 11.8 Å². The zero-order valence-corrected chi connectivity index (χ0v) is 17.7. The van der Waals surface area contributed by atoms with Gasteiger partial charge in [-0.15, -0.1) is 0 Å². The molecule has 2 aromatic rings. The Morgan fingerprint density at radius 2 is 1.88 bits per heavy atom. The molecular weight excluding hydrogens is 422 g/mol. The maximum atomic E-state index is 13.2. The van der Waals surface area contributed by atoms with E-state index in [-0.39, 0.29) is 71.9 Å². The van der Waals surface area contributed by atoms with Crippen molar-refractivity contribution in [2.45, 2.75) is 38.5 Å². The number of benzene rings is 2. The lowest BCUT2D eigenvalue weighted by molar-refractivity contribution is -0.136. The highest BCUT2D eigenvalue weighted by atomic mass is 16.5. The molecule has 2 fully saturated rings. The van der Waals surface area contributed by atoms with E-state index in [2.05, 4.69) is 0 Å². The third-order valence-corrected chi connectivity index (χ3v) is 5.66. The number of morpholine rings is 1. The number of hydrogen-bond acceptors (Lipinski definition) is 6. The number of carbonyl (C=O) groups excluding carboxylic acids is 3. The first-order valence-electron chi connectivity index (χ1n) is 14.6. The van der Waals surface area contributed by atoms with Crippen LogP contribution in [0, 0.1) is 0 Å². The Kier molecular flexibility index (Phi) is 3.99. The normalized spacial score (nSPS) is 27.7. The maximum absolute atomic E-state index is 13.2. The van der Waals surface area contributed by atoms with Crippen molar-refractivity contribution in [1.29, 1.82) is 0 Å². The molecule has 0 aromatic heterocycles. The lowest BCUT2D eigenvalue weighted by Gasteiger charge is -2.29. The molecule has 3 aliphatic rings. The van der Waals surface area contributed by atoms with Crippen molar-refractivity contribution in [2.75, 3.05) is 26.3 Å². The van der Waals surface area contributed by atoms with Gasteiger partial charge in [-0.25, -0.2) is 0 Å². The number of ether oxygens (including phenoxy) is 2. The van der Waals surface area contributed by atoms with Crippen LogP contribution in [0.5, 0.6) is 5.75 Å². The lowest BCUT2D eigenvalue weighted by Crippen LogP contribution is -2.52. The van der Waals surface area contributed by atoms with Crippen LogP contribution in [-0.2, 0) is 34.0 Å². The second-order valence-corrected chi connectivity index (χ2v) is 7.84. The van der Waals surface area contributed by atoms with Gasteiger partial charge in [0.15, 0.2) is 0 Å². The van der Waals surface area contributed by atoms with Crippen LogP contribution >= 0.6 is 0 Å². The van der Waals surface area contributed by atoms with E-state index >= 15 is 0 Å². The average molecular weight is 458 g/mol. The minimum absolute atomic E-state index is 0.0132. The summed E-state index contributed by atoms with van der Waals surface area (Å²) in [6.07, 6.45) is -6.10. The SMILES string of the molecule is [2H]c1c([2H])c(CN2CCOCC2)c([2H])c([2H])c1COc1cccc2c1CN([C@H]1C(=O)NC(=O)C([2H])([2H])C1([2H])[2H])C2=O. The highest BCUT2D eigenvalue weighted by Crippen LogP contribution is 2.34. The molecule has 5 rings (SSSR count). The molecule has 2 aromatic carbocycles. The van der Waals surface area contributed by atoms with Gasteiger partial charge in [-0.2, -0.15) is 0 Å². The number of fused-ring (bicyclic) bond motifs is 1. The average Bonchev–Trinajstić information content (AvgIpc) is 3.26. The predicted molar refractivity (Wildman–Crippen MR) is 119 cm³/mol. The van der Waals surface area contributed by atoms with Gasteiger partial charge >= 0.3 is 0 Å². The second kappa shape index (κ2) is 9.33. The number of piperidine rings is 1. The van der Waals surface area contributed by atoms with Crippen LogP contribution in [0.1, 0.15) is 50.8 Å². The molecular formula is C25H27N3O5. The molecule has 0 bridgehead atoms. The van der Waals surface area contributed by atoms with E-state index in [0.29, 0.717) is 26.3 Å². The van der Waals surface area contributed by atoms with Gasteiger partial charge in [0.25, 0.3) is 5.91 Å². The number of hydrogen-bond donors (Lipinski definition) is 1. The Hall–Kier alpha value is -3.23. The summed E-state index contributed by atoms with van der Waals surface area (Å²) in [5.41, 5.74) is 0.645. The number of nitrogens with one attached hydrogen (secondary N) is 1. The molecule has 3 heterocycles. The van der Waals surface area contributed by atoms with E-state index in [1.807, 2.05) is 10.2 Å². The molecule has 8 heteroatoms. The van der Waals surface area contributed by atoms with Crippen molar-refractivity contribution in [3.63, 3.8) is 0 Å². The molecule has 0 saturated carbocycles. The summed E-state index contributed by atoms with van der Waals surface area (Å²) in [5, 5.41) is 1.81. The molecule has 0 radical (unpaired) electrons. The number of amides is 3. The minimum atomic E-state index is -3.08. The zero-order valence-electron chi connectivity index (χ0n) is 25.7. The molecule has 1 atom stereocenters. The molecule has 0 unspecified atom stereocenters. The minimum Gasteiger partial charge on any atom is -0.489 e. The predicted octanol–water partition coefficient (Wildman–Crippen LogP) is 1.86. The fraction of sp³-hybridized carbons (Fsp3) is 0.400. The van der Waals surface area contributed by atoms with Gasteiger partial charge in [0.05, 0.1) is 25.2 Å². The van der Waals surface area contributed by atoms with Crippen molar-refractivity contribution in [3.8, 4) is 5.75 Å². The molecule has 8 nitrogen and oxygen atoms in total. The monoisotopic (exact) mass is 457 g/mol. The third-order valence-electron chi connectivity index (χ3n) is 5.66. The highest BCUT2D eigenvalue weighted by molar-refractivity contribution is 6.05. The number of carbonyl (C=O) groups is 3. The molecule has 0 aliphatic carbocycles. The third kappa shape index (κ3) is 4.62. The smallest absolute Gasteiger partial charge is 0.255 e. The summed E-state index contributed by atoms with van der Waals surface area (Å²) < 4.78 is 77.5. The largest absolute Gasteiger partial charge is 0.489 e. The molecule has 1 N–H and O–H groups in total. The van der Waals surface area contributed by atoms with Crippen molar-refractivity contribution in [2.24, 2.45) is 0 Å². The molecule has 3 aliphatic heterocycles. The van der Waals surface area contributed by atoms with E-state index in [4.69, 9.17) is 20.4 Å². The topological polar surface area (TPSA) is 88.2 Å². The first kappa shape index (κ1) is 14.1. The fourth-order valence-corrected chi connectivity index (χ4v) is 3.95. The fourth-order valence-electron chi connectivity index (χ4n) is 3.95. The molecule has 0 spiro atoms. The van der Waals surface area contributed by atoms with Crippen molar-refractivity contribution >= 4 is 17.7 Å². The van der Waals surface area contributed by atoms with Gasteiger partial charge in [-0.1, -0.05) is 30.2 Å². The Labute approximate surface area is 203 Å². The first-order valence-corrected chi connectivity index (χ1v) is 10.6. The van der Waals surface area contributed by atoms with Crippen LogP contribution in [0.15, 0.2) is 42.4 Å². The summed E-state index contributed by atoms with van der Waals surface area (Å²) in [6.45, 7) is 1.84. The summed E-state index contributed by atoms with van der Waals surface area (Å²) in [6, 6.07) is 1.66.